The predicted molar refractivity (Wildman–Crippen MR) is 92.8 cm³/mol. The highest BCUT2D eigenvalue weighted by Gasteiger charge is 2.26. The van der Waals surface area contributed by atoms with E-state index >= 15 is 0 Å². The molecule has 130 valence electrons. The van der Waals surface area contributed by atoms with Crippen molar-refractivity contribution in [3.63, 3.8) is 0 Å². The van der Waals surface area contributed by atoms with Crippen molar-refractivity contribution in [2.45, 2.75) is 19.3 Å². The summed E-state index contributed by atoms with van der Waals surface area (Å²) in [6, 6.07) is 10.3. The van der Waals surface area contributed by atoms with Gasteiger partial charge >= 0.3 is 0 Å². The Morgan fingerprint density at radius 2 is 2.08 bits per heavy atom. The SMILES string of the molecule is Fc1ccc([C@H]2Cn3cnc(-c4nc(-c5cccs5)no4)c3CO2)cc1. The zero-order chi connectivity index (χ0) is 17.5. The van der Waals surface area contributed by atoms with E-state index in [9.17, 15) is 4.39 Å². The van der Waals surface area contributed by atoms with Crippen molar-refractivity contribution in [1.29, 1.82) is 0 Å². The van der Waals surface area contributed by atoms with Gasteiger partial charge in [-0.1, -0.05) is 23.4 Å². The smallest absolute Gasteiger partial charge is 0.278 e. The minimum atomic E-state index is -0.256. The Bertz CT molecular complexity index is 1040. The molecule has 4 aromatic rings. The number of benzene rings is 1. The van der Waals surface area contributed by atoms with Crippen LogP contribution in [0.1, 0.15) is 17.4 Å². The van der Waals surface area contributed by atoms with Crippen LogP contribution in [0.3, 0.4) is 0 Å². The van der Waals surface area contributed by atoms with Gasteiger partial charge in [0, 0.05) is 0 Å². The van der Waals surface area contributed by atoms with Crippen molar-refractivity contribution < 1.29 is 13.7 Å². The Hall–Kier alpha value is -2.84. The number of fused-ring (bicyclic) bond motifs is 1. The fourth-order valence-corrected chi connectivity index (χ4v) is 3.66. The summed E-state index contributed by atoms with van der Waals surface area (Å²) in [4.78, 5) is 9.83. The number of halogens is 1. The van der Waals surface area contributed by atoms with Gasteiger partial charge in [-0.05, 0) is 29.1 Å². The number of ether oxygens (including phenoxy) is 1. The van der Waals surface area contributed by atoms with Crippen LogP contribution >= 0.6 is 11.3 Å². The molecule has 26 heavy (non-hydrogen) atoms. The third-order valence-corrected chi connectivity index (χ3v) is 5.21. The van der Waals surface area contributed by atoms with Crippen LogP contribution in [-0.2, 0) is 17.9 Å². The van der Waals surface area contributed by atoms with E-state index < -0.39 is 0 Å². The van der Waals surface area contributed by atoms with Gasteiger partial charge in [0.25, 0.3) is 5.89 Å². The minimum Gasteiger partial charge on any atom is -0.365 e. The molecule has 0 saturated carbocycles. The topological polar surface area (TPSA) is 66.0 Å². The van der Waals surface area contributed by atoms with Crippen molar-refractivity contribution in [2.24, 2.45) is 0 Å². The summed E-state index contributed by atoms with van der Waals surface area (Å²) in [6.07, 6.45) is 1.60. The fraction of sp³-hybridized carbons (Fsp3) is 0.167. The first-order chi connectivity index (χ1) is 12.8. The summed E-state index contributed by atoms with van der Waals surface area (Å²) in [6.45, 7) is 0.966. The van der Waals surface area contributed by atoms with Crippen molar-refractivity contribution in [2.75, 3.05) is 0 Å². The van der Waals surface area contributed by atoms with Crippen LogP contribution < -0.4 is 0 Å². The summed E-state index contributed by atoms with van der Waals surface area (Å²) in [5.41, 5.74) is 2.47. The molecule has 1 atom stereocenters. The standard InChI is InChI=1S/C18H13FN4O2S/c19-12-5-3-11(4-6-12)14-8-23-10-20-16(13(23)9-24-14)18-21-17(22-25-18)15-2-1-7-26-15/h1-7,10,14H,8-9H2/t14-/m1/s1. The van der Waals surface area contributed by atoms with Crippen molar-refractivity contribution >= 4 is 11.3 Å². The molecule has 8 heteroatoms. The van der Waals surface area contributed by atoms with Gasteiger partial charge < -0.3 is 13.8 Å². The Kier molecular flexibility index (Phi) is 3.65. The molecule has 5 rings (SSSR count). The highest BCUT2D eigenvalue weighted by atomic mass is 32.1. The van der Waals surface area contributed by atoms with E-state index in [1.165, 1.54) is 12.1 Å². The van der Waals surface area contributed by atoms with Crippen molar-refractivity contribution in [3.05, 3.63) is 65.2 Å². The molecule has 0 bridgehead atoms. The van der Waals surface area contributed by atoms with E-state index in [1.807, 2.05) is 22.1 Å². The second-order valence-corrected chi connectivity index (χ2v) is 6.89. The first kappa shape index (κ1) is 15.4. The number of thiophene rings is 1. The maximum atomic E-state index is 13.1. The zero-order valence-corrected chi connectivity index (χ0v) is 14.3. The number of aromatic nitrogens is 4. The number of hydrogen-bond donors (Lipinski definition) is 0. The van der Waals surface area contributed by atoms with Gasteiger partial charge in [0.2, 0.25) is 5.82 Å². The van der Waals surface area contributed by atoms with Crippen LogP contribution in [0.2, 0.25) is 0 Å². The third kappa shape index (κ3) is 2.63. The Balaban J connectivity index is 1.42. The van der Waals surface area contributed by atoms with Gasteiger partial charge in [0.15, 0.2) is 5.69 Å². The van der Waals surface area contributed by atoms with Gasteiger partial charge in [-0.2, -0.15) is 4.98 Å². The molecule has 0 saturated heterocycles. The number of nitrogens with zero attached hydrogens (tertiary/aromatic N) is 4. The molecular formula is C18H13FN4O2S. The Morgan fingerprint density at radius 1 is 1.19 bits per heavy atom. The van der Waals surface area contributed by atoms with Crippen molar-refractivity contribution in [1.82, 2.24) is 19.7 Å². The molecule has 0 amide bonds. The molecule has 0 fully saturated rings. The lowest BCUT2D eigenvalue weighted by Gasteiger charge is -2.25. The van der Waals surface area contributed by atoms with E-state index in [0.717, 1.165) is 16.1 Å². The van der Waals surface area contributed by atoms with E-state index in [-0.39, 0.29) is 11.9 Å². The second-order valence-electron chi connectivity index (χ2n) is 5.94. The van der Waals surface area contributed by atoms with Crippen LogP contribution in [0.15, 0.2) is 52.6 Å². The molecule has 0 N–H and O–H groups in total. The summed E-state index contributed by atoms with van der Waals surface area (Å²) in [5.74, 6) is 0.678. The van der Waals surface area contributed by atoms with E-state index in [4.69, 9.17) is 9.26 Å². The average Bonchev–Trinajstić information content (AvgIpc) is 3.41. The number of imidazole rings is 1. The highest BCUT2D eigenvalue weighted by molar-refractivity contribution is 7.13. The molecule has 0 spiro atoms. The summed E-state index contributed by atoms with van der Waals surface area (Å²) < 4.78 is 26.5. The van der Waals surface area contributed by atoms with Crippen LogP contribution in [0.5, 0.6) is 0 Å². The van der Waals surface area contributed by atoms with Gasteiger partial charge in [-0.15, -0.1) is 11.3 Å². The molecule has 1 aliphatic heterocycles. The zero-order valence-electron chi connectivity index (χ0n) is 13.5. The van der Waals surface area contributed by atoms with Crippen LogP contribution in [-0.4, -0.2) is 19.7 Å². The maximum Gasteiger partial charge on any atom is 0.278 e. The lowest BCUT2D eigenvalue weighted by atomic mass is 10.1. The highest BCUT2D eigenvalue weighted by Crippen LogP contribution is 2.32. The van der Waals surface area contributed by atoms with Crippen LogP contribution in [0, 0.1) is 5.82 Å². The lowest BCUT2D eigenvalue weighted by molar-refractivity contribution is 0.00327. The minimum absolute atomic E-state index is 0.144. The monoisotopic (exact) mass is 368 g/mol. The van der Waals surface area contributed by atoms with Gasteiger partial charge in [-0.3, -0.25) is 0 Å². The molecule has 0 aliphatic carbocycles. The number of hydrogen-bond acceptors (Lipinski definition) is 6. The fourth-order valence-electron chi connectivity index (χ4n) is 3.01. The molecule has 4 heterocycles. The molecule has 1 aromatic carbocycles. The summed E-state index contributed by atoms with van der Waals surface area (Å²) in [5, 5.41) is 6.00. The third-order valence-electron chi connectivity index (χ3n) is 4.34. The maximum absolute atomic E-state index is 13.1. The molecule has 1 aliphatic rings. The normalized spacial score (nSPS) is 16.6. The number of rotatable bonds is 3. The van der Waals surface area contributed by atoms with Gasteiger partial charge in [-0.25, -0.2) is 9.37 Å². The lowest BCUT2D eigenvalue weighted by Crippen LogP contribution is -2.20. The quantitative estimate of drug-likeness (QED) is 0.545. The van der Waals surface area contributed by atoms with Gasteiger partial charge in [0.05, 0.1) is 30.1 Å². The average molecular weight is 368 g/mol. The first-order valence-electron chi connectivity index (χ1n) is 8.07. The molecule has 6 nitrogen and oxygen atoms in total. The predicted octanol–water partition coefficient (Wildman–Crippen LogP) is 4.07. The van der Waals surface area contributed by atoms with Crippen molar-refractivity contribution in [3.8, 4) is 22.3 Å². The molecule has 3 aromatic heterocycles. The van der Waals surface area contributed by atoms with Crippen LogP contribution in [0.25, 0.3) is 22.3 Å². The van der Waals surface area contributed by atoms with E-state index in [1.54, 1.807) is 29.8 Å². The Morgan fingerprint density at radius 3 is 2.88 bits per heavy atom. The Labute approximate surface area is 151 Å². The van der Waals surface area contributed by atoms with Crippen LogP contribution in [0.4, 0.5) is 4.39 Å². The molecular weight excluding hydrogens is 355 g/mol. The van der Waals surface area contributed by atoms with E-state index in [0.29, 0.717) is 30.6 Å². The van der Waals surface area contributed by atoms with Gasteiger partial charge in [0.1, 0.15) is 11.9 Å². The first-order valence-corrected chi connectivity index (χ1v) is 8.95. The summed E-state index contributed by atoms with van der Waals surface area (Å²) >= 11 is 1.55. The molecule has 0 unspecified atom stereocenters. The summed E-state index contributed by atoms with van der Waals surface area (Å²) in [7, 11) is 0. The second kappa shape index (κ2) is 6.15. The molecule has 0 radical (unpaired) electrons. The van der Waals surface area contributed by atoms with E-state index in [2.05, 4.69) is 15.1 Å². The largest absolute Gasteiger partial charge is 0.365 e.